The molecular formula is C15H18N4O4S. The summed E-state index contributed by atoms with van der Waals surface area (Å²) in [7, 11) is 0. The van der Waals surface area contributed by atoms with Gasteiger partial charge in [-0.05, 0) is 43.4 Å². The summed E-state index contributed by atoms with van der Waals surface area (Å²) in [6, 6.07) is 6.90. The Labute approximate surface area is 143 Å². The number of aromatic nitrogens is 2. The highest BCUT2D eigenvalue weighted by Crippen LogP contribution is 2.21. The molecule has 0 unspecified atom stereocenters. The Morgan fingerprint density at radius 3 is 2.75 bits per heavy atom. The molecule has 1 aromatic heterocycles. The van der Waals surface area contributed by atoms with Crippen LogP contribution in [0.2, 0.25) is 0 Å². The molecule has 0 amide bonds. The lowest BCUT2D eigenvalue weighted by atomic mass is 10.2. The Balaban J connectivity index is 2.44. The third-order valence-corrected chi connectivity index (χ3v) is 3.32. The van der Waals surface area contributed by atoms with Gasteiger partial charge in [-0.15, -0.1) is 0 Å². The number of aliphatic hydroxyl groups excluding tert-OH is 1. The molecule has 0 saturated carbocycles. The van der Waals surface area contributed by atoms with E-state index >= 15 is 0 Å². The fourth-order valence-electron chi connectivity index (χ4n) is 1.98. The number of benzene rings is 1. The molecule has 24 heavy (non-hydrogen) atoms. The van der Waals surface area contributed by atoms with Crippen LogP contribution in [0.15, 0.2) is 34.2 Å². The maximum atomic E-state index is 12.0. The zero-order chi connectivity index (χ0) is 17.5. The van der Waals surface area contributed by atoms with E-state index in [1.165, 1.54) is 10.8 Å². The van der Waals surface area contributed by atoms with E-state index < -0.39 is 5.56 Å². The van der Waals surface area contributed by atoms with Crippen LogP contribution in [0, 0.1) is 4.77 Å². The van der Waals surface area contributed by atoms with Crippen molar-refractivity contribution in [3.63, 3.8) is 0 Å². The topological polar surface area (TPSA) is 112 Å². The second kappa shape index (κ2) is 8.27. The van der Waals surface area contributed by atoms with Gasteiger partial charge in [0.05, 0.1) is 31.7 Å². The van der Waals surface area contributed by atoms with Gasteiger partial charge in [-0.2, -0.15) is 5.10 Å². The second-order valence-electron chi connectivity index (χ2n) is 4.65. The van der Waals surface area contributed by atoms with Gasteiger partial charge in [0, 0.05) is 0 Å². The Morgan fingerprint density at radius 1 is 1.42 bits per heavy atom. The van der Waals surface area contributed by atoms with Gasteiger partial charge in [-0.25, -0.2) is 0 Å². The van der Waals surface area contributed by atoms with E-state index in [1.54, 1.807) is 24.3 Å². The lowest BCUT2D eigenvalue weighted by Gasteiger charge is -2.12. The van der Waals surface area contributed by atoms with E-state index in [1.807, 2.05) is 6.92 Å². The highest BCUT2D eigenvalue weighted by Gasteiger charge is 2.12. The van der Waals surface area contributed by atoms with E-state index in [-0.39, 0.29) is 29.4 Å². The molecule has 0 aliphatic rings. The van der Waals surface area contributed by atoms with Crippen LogP contribution < -0.4 is 15.7 Å². The molecular weight excluding hydrogens is 332 g/mol. The number of nitrogens with zero attached hydrogens (tertiary/aromatic N) is 2. The van der Waals surface area contributed by atoms with Crippen molar-refractivity contribution in [1.29, 1.82) is 0 Å². The third kappa shape index (κ3) is 4.00. The van der Waals surface area contributed by atoms with Crippen LogP contribution in [-0.2, 0) is 0 Å². The van der Waals surface area contributed by atoms with Crippen molar-refractivity contribution in [2.45, 2.75) is 6.92 Å². The number of hydrogen-bond donors (Lipinski definition) is 4. The van der Waals surface area contributed by atoms with Gasteiger partial charge in [-0.3, -0.25) is 14.3 Å². The average molecular weight is 350 g/mol. The number of aromatic amines is 1. The maximum absolute atomic E-state index is 12.0. The Kier molecular flexibility index (Phi) is 6.10. The van der Waals surface area contributed by atoms with Crippen molar-refractivity contribution in [3.05, 3.63) is 45.0 Å². The van der Waals surface area contributed by atoms with Crippen molar-refractivity contribution in [2.75, 3.05) is 19.8 Å². The largest absolute Gasteiger partial charge is 0.494 e. The molecule has 1 aromatic carbocycles. The number of rotatable bonds is 7. The maximum Gasteiger partial charge on any atom is 0.264 e. The molecule has 9 heteroatoms. The third-order valence-electron chi connectivity index (χ3n) is 3.04. The van der Waals surface area contributed by atoms with Crippen molar-refractivity contribution >= 4 is 18.4 Å². The van der Waals surface area contributed by atoms with Crippen LogP contribution in [0.1, 0.15) is 12.5 Å². The van der Waals surface area contributed by atoms with Crippen LogP contribution in [-0.4, -0.2) is 45.7 Å². The van der Waals surface area contributed by atoms with E-state index in [2.05, 4.69) is 15.5 Å². The van der Waals surface area contributed by atoms with E-state index in [9.17, 15) is 9.90 Å². The van der Waals surface area contributed by atoms with Gasteiger partial charge in [0.15, 0.2) is 4.77 Å². The van der Waals surface area contributed by atoms with Gasteiger partial charge in [-0.1, -0.05) is 0 Å². The number of hydrogen-bond acceptors (Lipinski definition) is 7. The summed E-state index contributed by atoms with van der Waals surface area (Å²) in [4.78, 5) is 14.5. The fourth-order valence-corrected chi connectivity index (χ4v) is 2.26. The monoisotopic (exact) mass is 350 g/mol. The number of hydrazone groups is 1. The highest BCUT2D eigenvalue weighted by atomic mass is 32.1. The minimum Gasteiger partial charge on any atom is -0.494 e. The van der Waals surface area contributed by atoms with Crippen molar-refractivity contribution in [1.82, 2.24) is 15.0 Å². The molecule has 0 spiro atoms. The molecule has 0 fully saturated rings. The molecule has 0 radical (unpaired) electrons. The van der Waals surface area contributed by atoms with Crippen LogP contribution in [0.3, 0.4) is 0 Å². The molecule has 2 rings (SSSR count). The highest BCUT2D eigenvalue weighted by molar-refractivity contribution is 7.71. The summed E-state index contributed by atoms with van der Waals surface area (Å²) < 4.78 is 6.75. The summed E-state index contributed by atoms with van der Waals surface area (Å²) in [5, 5.41) is 22.9. The lowest BCUT2D eigenvalue weighted by molar-refractivity contribution is 0.294. The Bertz CT molecular complexity index is 827. The zero-order valence-electron chi connectivity index (χ0n) is 13.0. The van der Waals surface area contributed by atoms with Gasteiger partial charge < -0.3 is 20.4 Å². The first-order valence-electron chi connectivity index (χ1n) is 7.26. The molecule has 8 nitrogen and oxygen atoms in total. The number of H-pyrrole nitrogens is 1. The summed E-state index contributed by atoms with van der Waals surface area (Å²) in [6.45, 7) is 2.56. The lowest BCUT2D eigenvalue weighted by Crippen LogP contribution is -2.19. The molecule has 2 aromatic rings. The van der Waals surface area contributed by atoms with Gasteiger partial charge in [0.2, 0.25) is 5.88 Å². The quantitative estimate of drug-likeness (QED) is 0.256. The van der Waals surface area contributed by atoms with Crippen molar-refractivity contribution in [2.24, 2.45) is 5.10 Å². The predicted molar refractivity (Wildman–Crippen MR) is 92.7 cm³/mol. The Morgan fingerprint density at radius 2 is 2.12 bits per heavy atom. The minimum absolute atomic E-state index is 0.0528. The van der Waals surface area contributed by atoms with Crippen molar-refractivity contribution < 1.29 is 14.9 Å². The standard InChI is InChI=1S/C15H18N4O4S/c1-2-23-11-5-3-10(4-6-11)19-14(22)12(9-17-16-7-8-20)13(21)18-15(19)24/h3-6,9,16,20,22H,2,7-8H2,1H3,(H,18,21,24)/b17-9+. The second-order valence-corrected chi connectivity index (χ2v) is 5.04. The molecule has 0 atom stereocenters. The summed E-state index contributed by atoms with van der Waals surface area (Å²) in [6.07, 6.45) is 1.17. The molecule has 0 aliphatic carbocycles. The molecule has 0 bridgehead atoms. The van der Waals surface area contributed by atoms with Crippen molar-refractivity contribution in [3.8, 4) is 17.3 Å². The average Bonchev–Trinajstić information content (AvgIpc) is 2.55. The van der Waals surface area contributed by atoms with Crippen LogP contribution in [0.4, 0.5) is 0 Å². The molecule has 1 heterocycles. The number of nitrogens with one attached hydrogen (secondary N) is 2. The number of aliphatic hydroxyl groups is 1. The van der Waals surface area contributed by atoms with Gasteiger partial charge >= 0.3 is 0 Å². The Hall–Kier alpha value is -2.65. The first kappa shape index (κ1) is 17.7. The van der Waals surface area contributed by atoms with Gasteiger partial charge in [0.25, 0.3) is 5.56 Å². The minimum atomic E-state index is -0.561. The van der Waals surface area contributed by atoms with E-state index in [0.717, 1.165) is 0 Å². The molecule has 0 aliphatic heterocycles. The first-order chi connectivity index (χ1) is 11.6. The fraction of sp³-hybridized carbons (Fsp3) is 0.267. The smallest absolute Gasteiger partial charge is 0.264 e. The molecule has 4 N–H and O–H groups in total. The SMILES string of the molecule is CCOc1ccc(-n2c(O)c(/C=N/NCCO)c(=O)[nH]c2=S)cc1. The van der Waals surface area contributed by atoms with Crippen LogP contribution in [0.25, 0.3) is 5.69 Å². The van der Waals surface area contributed by atoms with Crippen LogP contribution >= 0.6 is 12.2 Å². The van der Waals surface area contributed by atoms with E-state index in [4.69, 9.17) is 22.1 Å². The number of ether oxygens (including phenoxy) is 1. The van der Waals surface area contributed by atoms with Crippen LogP contribution in [0.5, 0.6) is 11.6 Å². The molecule has 0 saturated heterocycles. The molecule has 128 valence electrons. The zero-order valence-corrected chi connectivity index (χ0v) is 13.8. The summed E-state index contributed by atoms with van der Waals surface area (Å²) >= 11 is 5.13. The summed E-state index contributed by atoms with van der Waals surface area (Å²) in [5.74, 6) is 0.356. The number of aromatic hydroxyl groups is 1. The predicted octanol–water partition coefficient (Wildman–Crippen LogP) is 0.915. The summed E-state index contributed by atoms with van der Waals surface area (Å²) in [5.41, 5.74) is 2.49. The van der Waals surface area contributed by atoms with E-state index in [0.29, 0.717) is 18.0 Å². The normalized spacial score (nSPS) is 10.9. The first-order valence-corrected chi connectivity index (χ1v) is 7.67. The van der Waals surface area contributed by atoms with Gasteiger partial charge in [0.1, 0.15) is 11.3 Å².